The minimum atomic E-state index is -0.320. The number of anilines is 1. The van der Waals surface area contributed by atoms with E-state index in [2.05, 4.69) is 15.5 Å². The predicted molar refractivity (Wildman–Crippen MR) is 108 cm³/mol. The average molecular weight is 382 g/mol. The molecule has 0 fully saturated rings. The van der Waals surface area contributed by atoms with E-state index in [0.717, 1.165) is 22.6 Å². The highest BCUT2D eigenvalue weighted by atomic mass is 32.2. The number of carbonyl (C=O) groups is 1. The first kappa shape index (κ1) is 19.0. The van der Waals surface area contributed by atoms with E-state index >= 15 is 0 Å². The third-order valence-corrected chi connectivity index (χ3v) is 5.29. The zero-order valence-electron chi connectivity index (χ0n) is 15.8. The van der Waals surface area contributed by atoms with E-state index in [0.29, 0.717) is 11.0 Å². The predicted octanol–water partition coefficient (Wildman–Crippen LogP) is 3.92. The lowest BCUT2D eigenvalue weighted by Gasteiger charge is -2.12. The molecule has 1 aromatic heterocycles. The quantitative estimate of drug-likeness (QED) is 0.655. The van der Waals surface area contributed by atoms with Gasteiger partial charge in [-0.25, -0.2) is 0 Å². The monoisotopic (exact) mass is 382 g/mol. The first-order chi connectivity index (χ1) is 13.0. The van der Waals surface area contributed by atoms with Gasteiger partial charge in [-0.3, -0.25) is 4.79 Å². The van der Waals surface area contributed by atoms with Crippen LogP contribution < -0.4 is 10.1 Å². The Hall–Kier alpha value is -2.80. The Kier molecular flexibility index (Phi) is 5.81. The molecule has 6 nitrogen and oxygen atoms in total. The normalized spacial score (nSPS) is 11.9. The molecule has 3 aromatic rings. The summed E-state index contributed by atoms with van der Waals surface area (Å²) in [6.45, 7) is 3.86. The number of benzene rings is 2. The molecule has 1 atom stereocenters. The molecule has 1 N–H and O–H groups in total. The van der Waals surface area contributed by atoms with Crippen LogP contribution in [0.15, 0.2) is 53.7 Å². The largest absolute Gasteiger partial charge is 0.496 e. The highest BCUT2D eigenvalue weighted by Gasteiger charge is 2.20. The minimum Gasteiger partial charge on any atom is -0.496 e. The van der Waals surface area contributed by atoms with Gasteiger partial charge in [0.1, 0.15) is 5.75 Å². The van der Waals surface area contributed by atoms with Crippen molar-refractivity contribution < 1.29 is 9.53 Å². The van der Waals surface area contributed by atoms with Crippen molar-refractivity contribution in [3.8, 4) is 17.1 Å². The maximum absolute atomic E-state index is 12.5. The lowest BCUT2D eigenvalue weighted by molar-refractivity contribution is -0.115. The molecule has 0 bridgehead atoms. The number of ether oxygens (including phenoxy) is 1. The van der Waals surface area contributed by atoms with E-state index in [1.54, 1.807) is 7.11 Å². The van der Waals surface area contributed by atoms with Crippen LogP contribution in [0.2, 0.25) is 0 Å². The number of carbonyl (C=O) groups excluding carboxylic acids is 1. The topological polar surface area (TPSA) is 69.0 Å². The number of hydrogen-bond donors (Lipinski definition) is 1. The van der Waals surface area contributed by atoms with Crippen molar-refractivity contribution in [2.75, 3.05) is 12.4 Å². The summed E-state index contributed by atoms with van der Waals surface area (Å²) < 4.78 is 7.28. The van der Waals surface area contributed by atoms with Gasteiger partial charge in [0.25, 0.3) is 0 Å². The molecule has 7 heteroatoms. The zero-order valence-corrected chi connectivity index (χ0v) is 16.6. The fourth-order valence-electron chi connectivity index (χ4n) is 2.57. The second kappa shape index (κ2) is 8.26. The van der Waals surface area contributed by atoms with Crippen LogP contribution >= 0.6 is 11.8 Å². The van der Waals surface area contributed by atoms with E-state index in [1.165, 1.54) is 11.8 Å². The molecule has 0 radical (unpaired) electrons. The van der Waals surface area contributed by atoms with Gasteiger partial charge in [-0.2, -0.15) is 0 Å². The van der Waals surface area contributed by atoms with Gasteiger partial charge >= 0.3 is 0 Å². The van der Waals surface area contributed by atoms with Gasteiger partial charge in [-0.15, -0.1) is 10.2 Å². The summed E-state index contributed by atoms with van der Waals surface area (Å²) in [6.07, 6.45) is 0. The van der Waals surface area contributed by atoms with Gasteiger partial charge in [-0.05, 0) is 38.1 Å². The van der Waals surface area contributed by atoms with Crippen LogP contribution in [0, 0.1) is 6.92 Å². The van der Waals surface area contributed by atoms with E-state index in [4.69, 9.17) is 4.74 Å². The van der Waals surface area contributed by atoms with Crippen molar-refractivity contribution >= 4 is 23.4 Å². The van der Waals surface area contributed by atoms with Crippen LogP contribution in [-0.2, 0) is 11.8 Å². The Morgan fingerprint density at radius 3 is 2.56 bits per heavy atom. The molecule has 3 rings (SSSR count). The van der Waals surface area contributed by atoms with Crippen molar-refractivity contribution in [1.82, 2.24) is 14.8 Å². The molecule has 0 aliphatic heterocycles. The number of rotatable bonds is 6. The Morgan fingerprint density at radius 2 is 1.85 bits per heavy atom. The standard InChI is InChI=1S/C20H22N4O2S/c1-13-9-11-15(12-10-13)21-19(25)14(2)27-20-23-22-18(24(20)3)16-7-5-6-8-17(16)26-4/h5-12,14H,1-4H3,(H,21,25). The van der Waals surface area contributed by atoms with Crippen molar-refractivity contribution in [3.63, 3.8) is 0 Å². The summed E-state index contributed by atoms with van der Waals surface area (Å²) in [5, 5.41) is 11.8. The molecular formula is C20H22N4O2S. The molecule has 0 aliphatic carbocycles. The number of nitrogens with zero attached hydrogens (tertiary/aromatic N) is 3. The molecule has 1 heterocycles. The molecule has 1 amide bonds. The lowest BCUT2D eigenvalue weighted by atomic mass is 10.2. The SMILES string of the molecule is COc1ccccc1-c1nnc(SC(C)C(=O)Nc2ccc(C)cc2)n1C. The van der Waals surface area contributed by atoms with Crippen LogP contribution in [0.25, 0.3) is 11.4 Å². The van der Waals surface area contributed by atoms with Crippen LogP contribution in [-0.4, -0.2) is 33.0 Å². The number of amides is 1. The van der Waals surface area contributed by atoms with Crippen molar-refractivity contribution in [3.05, 3.63) is 54.1 Å². The Labute approximate surface area is 163 Å². The third-order valence-electron chi connectivity index (χ3n) is 4.15. The van der Waals surface area contributed by atoms with Crippen LogP contribution in [0.5, 0.6) is 5.75 Å². The second-order valence-electron chi connectivity index (χ2n) is 6.18. The second-order valence-corrected chi connectivity index (χ2v) is 7.49. The van der Waals surface area contributed by atoms with Crippen LogP contribution in [0.4, 0.5) is 5.69 Å². The van der Waals surface area contributed by atoms with Crippen LogP contribution in [0.3, 0.4) is 0 Å². The molecular weight excluding hydrogens is 360 g/mol. The van der Waals surface area contributed by atoms with E-state index in [-0.39, 0.29) is 11.2 Å². The summed E-state index contributed by atoms with van der Waals surface area (Å²) in [5.41, 5.74) is 2.79. The number of aryl methyl sites for hydroxylation is 1. The highest BCUT2D eigenvalue weighted by molar-refractivity contribution is 8.00. The molecule has 0 saturated heterocycles. The maximum Gasteiger partial charge on any atom is 0.237 e. The van der Waals surface area contributed by atoms with Crippen molar-refractivity contribution in [2.45, 2.75) is 24.3 Å². The minimum absolute atomic E-state index is 0.0781. The maximum atomic E-state index is 12.5. The molecule has 1 unspecified atom stereocenters. The lowest BCUT2D eigenvalue weighted by Crippen LogP contribution is -2.22. The summed E-state index contributed by atoms with van der Waals surface area (Å²) in [4.78, 5) is 12.5. The fourth-order valence-corrected chi connectivity index (χ4v) is 3.39. The van der Waals surface area contributed by atoms with E-state index in [1.807, 2.05) is 74.0 Å². The smallest absolute Gasteiger partial charge is 0.237 e. The van der Waals surface area contributed by atoms with Crippen molar-refractivity contribution in [1.29, 1.82) is 0 Å². The Bertz CT molecular complexity index is 937. The summed E-state index contributed by atoms with van der Waals surface area (Å²) in [7, 11) is 3.51. The van der Waals surface area contributed by atoms with E-state index in [9.17, 15) is 4.79 Å². The number of hydrogen-bond acceptors (Lipinski definition) is 5. The zero-order chi connectivity index (χ0) is 19.4. The number of methoxy groups -OCH3 is 1. The molecule has 0 spiro atoms. The third kappa shape index (κ3) is 4.31. The Balaban J connectivity index is 1.73. The van der Waals surface area contributed by atoms with E-state index < -0.39 is 0 Å². The average Bonchev–Trinajstić information content (AvgIpc) is 3.03. The highest BCUT2D eigenvalue weighted by Crippen LogP contribution is 2.31. The number of nitrogens with one attached hydrogen (secondary N) is 1. The summed E-state index contributed by atoms with van der Waals surface area (Å²) in [6, 6.07) is 15.4. The Morgan fingerprint density at radius 1 is 1.15 bits per heavy atom. The van der Waals surface area contributed by atoms with Gasteiger partial charge in [0.15, 0.2) is 11.0 Å². The molecule has 0 saturated carbocycles. The van der Waals surface area contributed by atoms with Gasteiger partial charge in [0.2, 0.25) is 5.91 Å². The van der Waals surface area contributed by atoms with Gasteiger partial charge in [0, 0.05) is 12.7 Å². The molecule has 0 aliphatic rings. The van der Waals surface area contributed by atoms with Gasteiger partial charge in [0.05, 0.1) is 17.9 Å². The first-order valence-electron chi connectivity index (χ1n) is 8.56. The number of aromatic nitrogens is 3. The number of thioether (sulfide) groups is 1. The van der Waals surface area contributed by atoms with Gasteiger partial charge in [-0.1, -0.05) is 41.6 Å². The fraction of sp³-hybridized carbons (Fsp3) is 0.250. The summed E-state index contributed by atoms with van der Waals surface area (Å²) >= 11 is 1.37. The molecule has 27 heavy (non-hydrogen) atoms. The summed E-state index contributed by atoms with van der Waals surface area (Å²) in [5.74, 6) is 1.35. The number of para-hydroxylation sites is 1. The van der Waals surface area contributed by atoms with Crippen molar-refractivity contribution in [2.24, 2.45) is 7.05 Å². The first-order valence-corrected chi connectivity index (χ1v) is 9.44. The molecule has 140 valence electrons. The van der Waals surface area contributed by atoms with Crippen LogP contribution in [0.1, 0.15) is 12.5 Å². The van der Waals surface area contributed by atoms with Gasteiger partial charge < -0.3 is 14.6 Å². The molecule has 2 aromatic carbocycles.